The van der Waals surface area contributed by atoms with E-state index in [0.717, 1.165) is 12.8 Å². The molecule has 0 atom stereocenters. The van der Waals surface area contributed by atoms with Crippen molar-refractivity contribution in [2.75, 3.05) is 0 Å². The van der Waals surface area contributed by atoms with Gasteiger partial charge in [0.15, 0.2) is 5.75 Å². The Hall–Kier alpha value is -1.32. The van der Waals surface area contributed by atoms with Gasteiger partial charge in [0.2, 0.25) is 5.75 Å². The number of halogens is 1. The molecule has 1 heterocycles. The van der Waals surface area contributed by atoms with Crippen molar-refractivity contribution >= 4 is 0 Å². The first kappa shape index (κ1) is 10.2. The second-order valence-electron chi connectivity index (χ2n) is 3.91. The molecule has 3 nitrogen and oxygen atoms in total. The van der Waals surface area contributed by atoms with Crippen LogP contribution in [-0.2, 0) is 0 Å². The average molecular weight is 211 g/mol. The highest BCUT2D eigenvalue weighted by molar-refractivity contribution is 5.38. The summed E-state index contributed by atoms with van der Waals surface area (Å²) < 4.78 is 24.2. The van der Waals surface area contributed by atoms with E-state index in [0.29, 0.717) is 5.75 Å². The number of ether oxygens (including phenoxy) is 2. The Kier molecular flexibility index (Phi) is 2.75. The maximum atomic E-state index is 13.4. The number of hydrogen-bond donors (Lipinski definition) is 0. The van der Waals surface area contributed by atoms with Crippen molar-refractivity contribution in [3.63, 3.8) is 0 Å². The Morgan fingerprint density at radius 3 is 2.80 bits per heavy atom. The van der Waals surface area contributed by atoms with Gasteiger partial charge >= 0.3 is 0 Å². The lowest BCUT2D eigenvalue weighted by molar-refractivity contribution is 0.210. The molecule has 15 heavy (non-hydrogen) atoms. The van der Waals surface area contributed by atoms with E-state index in [2.05, 4.69) is 4.98 Å². The molecule has 1 aromatic heterocycles. The van der Waals surface area contributed by atoms with Crippen LogP contribution in [-0.4, -0.2) is 17.2 Å². The first-order chi connectivity index (χ1) is 7.16. The lowest BCUT2D eigenvalue weighted by Crippen LogP contribution is -2.09. The summed E-state index contributed by atoms with van der Waals surface area (Å²) in [5.74, 6) is -0.0156. The Morgan fingerprint density at radius 2 is 2.20 bits per heavy atom. The zero-order valence-electron chi connectivity index (χ0n) is 8.87. The topological polar surface area (TPSA) is 31.4 Å². The summed E-state index contributed by atoms with van der Waals surface area (Å²) in [6.07, 6.45) is 3.48. The van der Waals surface area contributed by atoms with Crippen LogP contribution in [0.2, 0.25) is 0 Å². The summed E-state index contributed by atoms with van der Waals surface area (Å²) in [5, 5.41) is 0. The minimum absolute atomic E-state index is 0.00615. The standard InChI is InChI=1S/C11H14FNO2/c1-7(2)14-9-5-6-13-11(12)10(9)15-8-3-4-8/h5-8H,3-4H2,1-2H3. The van der Waals surface area contributed by atoms with E-state index in [1.54, 1.807) is 6.07 Å². The zero-order valence-corrected chi connectivity index (χ0v) is 8.87. The van der Waals surface area contributed by atoms with Crippen LogP contribution in [0.4, 0.5) is 4.39 Å². The van der Waals surface area contributed by atoms with Crippen LogP contribution in [0.3, 0.4) is 0 Å². The molecule has 0 amide bonds. The van der Waals surface area contributed by atoms with E-state index in [4.69, 9.17) is 9.47 Å². The fraction of sp³-hybridized carbons (Fsp3) is 0.545. The minimum Gasteiger partial charge on any atom is -0.487 e. The van der Waals surface area contributed by atoms with E-state index in [1.807, 2.05) is 13.8 Å². The second kappa shape index (κ2) is 4.04. The lowest BCUT2D eigenvalue weighted by atomic mass is 10.4. The molecule has 0 bridgehead atoms. The molecular formula is C11H14FNO2. The van der Waals surface area contributed by atoms with E-state index < -0.39 is 5.95 Å². The summed E-state index contributed by atoms with van der Waals surface area (Å²) in [5.41, 5.74) is 0. The van der Waals surface area contributed by atoms with Crippen molar-refractivity contribution in [2.24, 2.45) is 0 Å². The van der Waals surface area contributed by atoms with Crippen LogP contribution >= 0.6 is 0 Å². The van der Waals surface area contributed by atoms with Gasteiger partial charge in [-0.3, -0.25) is 0 Å². The first-order valence-corrected chi connectivity index (χ1v) is 5.14. The number of nitrogens with zero attached hydrogens (tertiary/aromatic N) is 1. The van der Waals surface area contributed by atoms with Crippen LogP contribution in [0, 0.1) is 5.95 Å². The molecule has 1 saturated carbocycles. The molecule has 0 radical (unpaired) electrons. The maximum absolute atomic E-state index is 13.4. The molecule has 1 aliphatic rings. The molecule has 0 unspecified atom stereocenters. The van der Waals surface area contributed by atoms with Crippen molar-refractivity contribution in [2.45, 2.75) is 38.9 Å². The molecule has 0 saturated heterocycles. The quantitative estimate of drug-likeness (QED) is 0.717. The van der Waals surface area contributed by atoms with Crippen LogP contribution in [0.15, 0.2) is 12.3 Å². The Bertz CT molecular complexity index is 350. The van der Waals surface area contributed by atoms with Gasteiger partial charge in [0.05, 0.1) is 12.2 Å². The SMILES string of the molecule is CC(C)Oc1ccnc(F)c1OC1CC1. The molecule has 4 heteroatoms. The van der Waals surface area contributed by atoms with Crippen LogP contribution < -0.4 is 9.47 Å². The minimum atomic E-state index is -0.597. The van der Waals surface area contributed by atoms with Gasteiger partial charge in [0.25, 0.3) is 5.95 Å². The Balaban J connectivity index is 2.21. The van der Waals surface area contributed by atoms with E-state index >= 15 is 0 Å². The number of pyridine rings is 1. The fourth-order valence-electron chi connectivity index (χ4n) is 1.21. The molecular weight excluding hydrogens is 197 g/mol. The molecule has 1 aliphatic carbocycles. The van der Waals surface area contributed by atoms with Gasteiger partial charge in [-0.05, 0) is 26.7 Å². The number of aromatic nitrogens is 1. The van der Waals surface area contributed by atoms with Gasteiger partial charge in [-0.1, -0.05) is 0 Å². The fourth-order valence-corrected chi connectivity index (χ4v) is 1.21. The van der Waals surface area contributed by atoms with Crippen molar-refractivity contribution in [1.82, 2.24) is 4.98 Å². The number of hydrogen-bond acceptors (Lipinski definition) is 3. The third-order valence-electron chi connectivity index (χ3n) is 2.00. The molecule has 1 aromatic rings. The molecule has 82 valence electrons. The van der Waals surface area contributed by atoms with E-state index in [-0.39, 0.29) is 18.0 Å². The summed E-state index contributed by atoms with van der Waals surface area (Å²) in [6, 6.07) is 1.63. The highest BCUT2D eigenvalue weighted by Gasteiger charge is 2.27. The molecule has 1 fully saturated rings. The summed E-state index contributed by atoms with van der Waals surface area (Å²) >= 11 is 0. The first-order valence-electron chi connectivity index (χ1n) is 5.14. The Morgan fingerprint density at radius 1 is 1.47 bits per heavy atom. The largest absolute Gasteiger partial charge is 0.487 e. The van der Waals surface area contributed by atoms with Gasteiger partial charge < -0.3 is 9.47 Å². The predicted octanol–water partition coefficient (Wildman–Crippen LogP) is 2.55. The smallest absolute Gasteiger partial charge is 0.259 e. The second-order valence-corrected chi connectivity index (χ2v) is 3.91. The maximum Gasteiger partial charge on any atom is 0.259 e. The van der Waals surface area contributed by atoms with Crippen LogP contribution in [0.25, 0.3) is 0 Å². The molecule has 0 aromatic carbocycles. The van der Waals surface area contributed by atoms with Crippen molar-refractivity contribution in [3.05, 3.63) is 18.2 Å². The highest BCUT2D eigenvalue weighted by atomic mass is 19.1. The van der Waals surface area contributed by atoms with Crippen molar-refractivity contribution < 1.29 is 13.9 Å². The van der Waals surface area contributed by atoms with Crippen LogP contribution in [0.1, 0.15) is 26.7 Å². The molecule has 0 N–H and O–H groups in total. The monoisotopic (exact) mass is 211 g/mol. The third kappa shape index (κ3) is 2.58. The summed E-state index contributed by atoms with van der Waals surface area (Å²) in [6.45, 7) is 3.78. The average Bonchev–Trinajstić information content (AvgIpc) is 2.94. The molecule has 2 rings (SSSR count). The highest BCUT2D eigenvalue weighted by Crippen LogP contribution is 2.35. The van der Waals surface area contributed by atoms with Gasteiger partial charge in [-0.2, -0.15) is 4.39 Å². The van der Waals surface area contributed by atoms with E-state index in [1.165, 1.54) is 6.20 Å². The Labute approximate surface area is 88.2 Å². The number of rotatable bonds is 4. The van der Waals surface area contributed by atoms with Crippen LogP contribution in [0.5, 0.6) is 11.5 Å². The van der Waals surface area contributed by atoms with Gasteiger partial charge in [0, 0.05) is 12.3 Å². The normalized spacial score (nSPS) is 15.5. The molecule has 0 spiro atoms. The summed E-state index contributed by atoms with van der Waals surface area (Å²) in [7, 11) is 0. The zero-order chi connectivity index (χ0) is 10.8. The third-order valence-corrected chi connectivity index (χ3v) is 2.00. The molecule has 0 aliphatic heterocycles. The van der Waals surface area contributed by atoms with Gasteiger partial charge in [0.1, 0.15) is 0 Å². The van der Waals surface area contributed by atoms with Gasteiger partial charge in [-0.25, -0.2) is 4.98 Å². The predicted molar refractivity (Wildman–Crippen MR) is 53.6 cm³/mol. The lowest BCUT2D eigenvalue weighted by Gasteiger charge is -2.14. The van der Waals surface area contributed by atoms with Crippen molar-refractivity contribution in [1.29, 1.82) is 0 Å². The van der Waals surface area contributed by atoms with E-state index in [9.17, 15) is 4.39 Å². The van der Waals surface area contributed by atoms with Gasteiger partial charge in [-0.15, -0.1) is 0 Å². The van der Waals surface area contributed by atoms with Crippen molar-refractivity contribution in [3.8, 4) is 11.5 Å². The summed E-state index contributed by atoms with van der Waals surface area (Å²) in [4.78, 5) is 3.56.